The first kappa shape index (κ1) is 17.5. The molecule has 0 aromatic heterocycles. The van der Waals surface area contributed by atoms with Crippen LogP contribution in [0.1, 0.15) is 6.92 Å². The number of nitrogens with zero attached hydrogens (tertiary/aromatic N) is 1. The molecule has 0 rings (SSSR count). The van der Waals surface area contributed by atoms with Crippen LogP contribution in [0, 0.1) is 0 Å². The minimum atomic E-state index is -1.85. The molecular formula is C12H25NO2SSi2. The second-order valence-corrected chi connectivity index (χ2v) is 16.4. The summed E-state index contributed by atoms with van der Waals surface area (Å²) in [6.45, 7) is 14.5. The minimum Gasteiger partial charge on any atom is -0.517 e. The van der Waals surface area contributed by atoms with Crippen LogP contribution in [0.5, 0.6) is 0 Å². The number of hydrogen-bond donors (Lipinski definition) is 0. The molecule has 104 valence electrons. The molecule has 0 atom stereocenters. The monoisotopic (exact) mass is 303 g/mol. The molecule has 0 radical (unpaired) electrons. The number of thiocarbonyl (C=S) groups is 1. The molecule has 18 heavy (non-hydrogen) atoms. The van der Waals surface area contributed by atoms with Crippen LogP contribution < -0.4 is 0 Å². The Balaban J connectivity index is 5.15. The van der Waals surface area contributed by atoms with E-state index in [1.807, 2.05) is 33.6 Å². The Kier molecular flexibility index (Phi) is 5.96. The van der Waals surface area contributed by atoms with E-state index in [0.717, 1.165) is 10.6 Å². The van der Waals surface area contributed by atoms with E-state index in [0.29, 0.717) is 0 Å². The van der Waals surface area contributed by atoms with Crippen molar-refractivity contribution in [2.75, 3.05) is 7.05 Å². The van der Waals surface area contributed by atoms with E-state index < -0.39 is 16.6 Å². The highest BCUT2D eigenvalue weighted by molar-refractivity contribution is 7.80. The third-order valence-electron chi connectivity index (χ3n) is 2.39. The molecule has 0 saturated heterocycles. The summed E-state index contributed by atoms with van der Waals surface area (Å²) >= 11 is 5.24. The Bertz CT molecular complexity index is 367. The zero-order valence-electron chi connectivity index (χ0n) is 12.7. The molecule has 0 aliphatic heterocycles. The van der Waals surface area contributed by atoms with Crippen LogP contribution in [0.3, 0.4) is 0 Å². The molecular weight excluding hydrogens is 278 g/mol. The van der Waals surface area contributed by atoms with E-state index in [2.05, 4.69) is 24.2 Å². The van der Waals surface area contributed by atoms with Crippen molar-refractivity contribution in [2.45, 2.75) is 46.2 Å². The molecule has 0 aliphatic carbocycles. The molecule has 0 bridgehead atoms. The lowest BCUT2D eigenvalue weighted by Crippen LogP contribution is -2.44. The third-order valence-corrected chi connectivity index (χ3v) is 5.67. The fraction of sp³-hybridized carbons (Fsp3) is 0.667. The van der Waals surface area contributed by atoms with Gasteiger partial charge in [-0.15, -0.1) is 0 Å². The zero-order chi connectivity index (χ0) is 14.7. The van der Waals surface area contributed by atoms with Gasteiger partial charge in [0.2, 0.25) is 8.32 Å². The van der Waals surface area contributed by atoms with E-state index in [1.165, 1.54) is 0 Å². The van der Waals surface area contributed by atoms with E-state index in [-0.39, 0.29) is 5.97 Å². The summed E-state index contributed by atoms with van der Waals surface area (Å²) in [5.74, 6) is -0.279. The molecule has 0 spiro atoms. The van der Waals surface area contributed by atoms with Crippen molar-refractivity contribution in [1.82, 2.24) is 4.57 Å². The summed E-state index contributed by atoms with van der Waals surface area (Å²) < 4.78 is 7.57. The summed E-state index contributed by atoms with van der Waals surface area (Å²) in [5, 5.41) is 0. The van der Waals surface area contributed by atoms with E-state index in [4.69, 9.17) is 16.6 Å². The van der Waals surface area contributed by atoms with Gasteiger partial charge in [0.05, 0.1) is 0 Å². The smallest absolute Gasteiger partial charge is 0.319 e. The first-order valence-electron chi connectivity index (χ1n) is 6.04. The summed E-state index contributed by atoms with van der Waals surface area (Å²) in [6, 6.07) is 0. The molecule has 0 saturated carbocycles. The van der Waals surface area contributed by atoms with Gasteiger partial charge >= 0.3 is 5.97 Å². The van der Waals surface area contributed by atoms with Gasteiger partial charge in [0.15, 0.2) is 0 Å². The van der Waals surface area contributed by atoms with Gasteiger partial charge in [0, 0.05) is 16.6 Å². The quantitative estimate of drug-likeness (QED) is 0.442. The average molecular weight is 304 g/mol. The Morgan fingerprint density at radius 1 is 1.17 bits per heavy atom. The first-order chi connectivity index (χ1) is 7.84. The molecule has 0 aliphatic rings. The molecule has 6 heteroatoms. The van der Waals surface area contributed by atoms with Crippen molar-refractivity contribution in [3.8, 4) is 0 Å². The summed E-state index contributed by atoms with van der Waals surface area (Å²) in [5.41, 5.74) is 0.812. The fourth-order valence-electron chi connectivity index (χ4n) is 1.24. The van der Waals surface area contributed by atoms with Gasteiger partial charge in [-0.2, -0.15) is 0 Å². The van der Waals surface area contributed by atoms with Crippen LogP contribution in [0.25, 0.3) is 0 Å². The van der Waals surface area contributed by atoms with Crippen LogP contribution in [-0.2, 0) is 9.22 Å². The average Bonchev–Trinajstić information content (AvgIpc) is 2.08. The molecule has 0 heterocycles. The summed E-state index contributed by atoms with van der Waals surface area (Å²) in [7, 11) is -1.38. The highest BCUT2D eigenvalue weighted by atomic mass is 32.1. The first-order valence-corrected chi connectivity index (χ1v) is 13.3. The molecule has 3 nitrogen and oxygen atoms in total. The Morgan fingerprint density at radius 2 is 1.61 bits per heavy atom. The zero-order valence-corrected chi connectivity index (χ0v) is 15.6. The van der Waals surface area contributed by atoms with Crippen molar-refractivity contribution in [3.05, 3.63) is 11.8 Å². The highest BCUT2D eigenvalue weighted by Crippen LogP contribution is 2.16. The predicted octanol–water partition coefficient (Wildman–Crippen LogP) is 3.40. The lowest BCUT2D eigenvalue weighted by molar-refractivity contribution is -0.129. The van der Waals surface area contributed by atoms with Crippen molar-refractivity contribution in [2.24, 2.45) is 0 Å². The minimum absolute atomic E-state index is 0.279. The maximum atomic E-state index is 11.9. The van der Waals surface area contributed by atoms with Crippen LogP contribution >= 0.6 is 12.2 Å². The Hall–Kier alpha value is -0.466. The van der Waals surface area contributed by atoms with Crippen LogP contribution in [-0.4, -0.2) is 39.0 Å². The Labute approximate surface area is 118 Å². The van der Waals surface area contributed by atoms with Gasteiger partial charge in [-0.05, 0) is 33.6 Å². The normalized spacial score (nSPS) is 13.2. The number of carbonyl (C=O) groups excluding carboxylic acids is 1. The lowest BCUT2D eigenvalue weighted by Gasteiger charge is -2.34. The van der Waals surface area contributed by atoms with Crippen molar-refractivity contribution in [3.63, 3.8) is 0 Å². The van der Waals surface area contributed by atoms with E-state index >= 15 is 0 Å². The molecule has 0 unspecified atom stereocenters. The highest BCUT2D eigenvalue weighted by Gasteiger charge is 2.25. The molecule has 0 aromatic rings. The Morgan fingerprint density at radius 3 is 1.89 bits per heavy atom. The van der Waals surface area contributed by atoms with Gasteiger partial charge in [0.25, 0.3) is 0 Å². The van der Waals surface area contributed by atoms with Crippen LogP contribution in [0.4, 0.5) is 0 Å². The predicted molar refractivity (Wildman–Crippen MR) is 86.9 cm³/mol. The lowest BCUT2D eigenvalue weighted by atomic mass is 10.3. The second-order valence-electron chi connectivity index (χ2n) is 6.35. The SMILES string of the molecule is CC(=S)C(=CC(=O)O[Si](C)(C)C)N(C)[Si](C)(C)C. The van der Waals surface area contributed by atoms with E-state index in [9.17, 15) is 4.79 Å². The van der Waals surface area contributed by atoms with Crippen molar-refractivity contribution < 1.29 is 9.22 Å². The van der Waals surface area contributed by atoms with Gasteiger partial charge in [-0.3, -0.25) is 0 Å². The summed E-state index contributed by atoms with van der Waals surface area (Å²) in [4.78, 5) is 12.6. The standard InChI is InChI=1S/C12H25NO2SSi2/c1-10(16)11(13(2)17(3,4)5)9-12(14)15-18(6,7)8/h9H,1-8H3. The van der Waals surface area contributed by atoms with Gasteiger partial charge < -0.3 is 8.99 Å². The number of hydrogen-bond acceptors (Lipinski definition) is 4. The van der Waals surface area contributed by atoms with Gasteiger partial charge in [0.1, 0.15) is 8.24 Å². The third kappa shape index (κ3) is 6.46. The number of carbonyl (C=O) groups is 1. The fourth-order valence-corrected chi connectivity index (χ4v) is 3.13. The van der Waals surface area contributed by atoms with Crippen molar-refractivity contribution >= 4 is 39.6 Å². The molecule has 0 amide bonds. The molecule has 0 aromatic carbocycles. The number of rotatable bonds is 5. The van der Waals surface area contributed by atoms with E-state index in [1.54, 1.807) is 6.08 Å². The van der Waals surface area contributed by atoms with Gasteiger partial charge in [-0.25, -0.2) is 4.79 Å². The maximum Gasteiger partial charge on any atom is 0.319 e. The second kappa shape index (κ2) is 6.12. The molecule has 0 N–H and O–H groups in total. The maximum absolute atomic E-state index is 11.9. The van der Waals surface area contributed by atoms with Gasteiger partial charge in [-0.1, -0.05) is 31.9 Å². The number of allylic oxidation sites excluding steroid dienone is 1. The van der Waals surface area contributed by atoms with Crippen LogP contribution in [0.2, 0.25) is 39.3 Å². The largest absolute Gasteiger partial charge is 0.517 e. The topological polar surface area (TPSA) is 29.5 Å². The van der Waals surface area contributed by atoms with Crippen molar-refractivity contribution in [1.29, 1.82) is 0 Å². The molecule has 0 fully saturated rings. The van der Waals surface area contributed by atoms with Crippen LogP contribution in [0.15, 0.2) is 11.8 Å². The summed E-state index contributed by atoms with van der Waals surface area (Å²) in [6.07, 6.45) is 1.54.